The summed E-state index contributed by atoms with van der Waals surface area (Å²) in [4.78, 5) is 0. The molecule has 1 heteroatoms. The van der Waals surface area contributed by atoms with Gasteiger partial charge in [-0.15, -0.1) is 0 Å². The first kappa shape index (κ1) is 12.0. The Balaban J connectivity index is 2.73. The van der Waals surface area contributed by atoms with Crippen LogP contribution in [0.25, 0.3) is 0 Å². The minimum atomic E-state index is -0.0614. The molecule has 0 bridgehead atoms. The van der Waals surface area contributed by atoms with E-state index in [-0.39, 0.29) is 11.5 Å². The van der Waals surface area contributed by atoms with E-state index in [1.165, 1.54) is 6.42 Å². The van der Waals surface area contributed by atoms with E-state index in [1.807, 2.05) is 0 Å². The van der Waals surface area contributed by atoms with E-state index in [4.69, 9.17) is 0 Å². The molecule has 5 atom stereocenters. The fourth-order valence-electron chi connectivity index (χ4n) is 3.13. The minimum absolute atomic E-state index is 0.0614. The molecule has 0 aromatic carbocycles. The molecular weight excluding hydrogens is 172 g/mol. The van der Waals surface area contributed by atoms with Crippen molar-refractivity contribution in [1.82, 2.24) is 0 Å². The number of rotatable bonds is 4. The van der Waals surface area contributed by atoms with Gasteiger partial charge >= 0.3 is 0 Å². The van der Waals surface area contributed by atoms with Crippen molar-refractivity contribution in [3.05, 3.63) is 0 Å². The van der Waals surface area contributed by atoms with Crippen molar-refractivity contribution in [3.8, 4) is 0 Å². The van der Waals surface area contributed by atoms with Gasteiger partial charge in [0.1, 0.15) is 0 Å². The maximum absolute atomic E-state index is 9.89. The first-order valence-electron chi connectivity index (χ1n) is 6.05. The predicted octanol–water partition coefficient (Wildman–Crippen LogP) is 3.32. The molecule has 1 N–H and O–H groups in total. The van der Waals surface area contributed by atoms with Gasteiger partial charge < -0.3 is 5.11 Å². The molecule has 0 spiro atoms. The zero-order chi connectivity index (χ0) is 11.1. The van der Waals surface area contributed by atoms with Crippen LogP contribution in [0.2, 0.25) is 0 Å². The molecule has 1 rings (SSSR count). The van der Waals surface area contributed by atoms with Crippen molar-refractivity contribution >= 4 is 0 Å². The normalized spacial score (nSPS) is 41.1. The maximum atomic E-state index is 9.89. The third kappa shape index (κ3) is 1.60. The zero-order valence-electron chi connectivity index (χ0n) is 10.5. The second-order valence-corrected chi connectivity index (χ2v) is 5.72. The van der Waals surface area contributed by atoms with Crippen LogP contribution in [-0.4, -0.2) is 11.2 Å². The SMILES string of the molecule is CCC(C(C)C(C)C)C1(C)C(C)C1O. The van der Waals surface area contributed by atoms with Gasteiger partial charge in [-0.2, -0.15) is 0 Å². The van der Waals surface area contributed by atoms with Gasteiger partial charge in [-0.25, -0.2) is 0 Å². The molecule has 0 aromatic heterocycles. The Kier molecular flexibility index (Phi) is 3.30. The second kappa shape index (κ2) is 3.84. The maximum Gasteiger partial charge on any atom is 0.0631 e. The Labute approximate surface area is 88.9 Å². The Morgan fingerprint density at radius 3 is 1.93 bits per heavy atom. The third-order valence-corrected chi connectivity index (χ3v) is 4.91. The van der Waals surface area contributed by atoms with E-state index >= 15 is 0 Å². The smallest absolute Gasteiger partial charge is 0.0631 e. The summed E-state index contributed by atoms with van der Waals surface area (Å²) in [6.45, 7) is 13.6. The van der Waals surface area contributed by atoms with E-state index in [2.05, 4.69) is 41.5 Å². The van der Waals surface area contributed by atoms with Crippen LogP contribution in [0.15, 0.2) is 0 Å². The Hall–Kier alpha value is -0.0400. The van der Waals surface area contributed by atoms with Crippen LogP contribution < -0.4 is 0 Å². The highest BCUT2D eigenvalue weighted by Gasteiger charge is 2.62. The van der Waals surface area contributed by atoms with Gasteiger partial charge in [0.05, 0.1) is 6.10 Å². The van der Waals surface area contributed by atoms with Gasteiger partial charge in [0.15, 0.2) is 0 Å². The van der Waals surface area contributed by atoms with E-state index in [9.17, 15) is 5.11 Å². The second-order valence-electron chi connectivity index (χ2n) is 5.72. The summed E-state index contributed by atoms with van der Waals surface area (Å²) in [7, 11) is 0. The summed E-state index contributed by atoms with van der Waals surface area (Å²) in [6.07, 6.45) is 1.13. The molecule has 0 aliphatic heterocycles. The first-order chi connectivity index (χ1) is 6.37. The number of aliphatic hydroxyl groups is 1. The standard InChI is InChI=1S/C13H26O/c1-7-11(9(4)8(2)3)13(6)10(5)12(13)14/h8-12,14H,7H2,1-6H3. The van der Waals surface area contributed by atoms with Crippen LogP contribution in [-0.2, 0) is 0 Å². The van der Waals surface area contributed by atoms with Gasteiger partial charge in [-0.3, -0.25) is 0 Å². The van der Waals surface area contributed by atoms with Gasteiger partial charge in [0.25, 0.3) is 0 Å². The van der Waals surface area contributed by atoms with E-state index in [0.29, 0.717) is 17.8 Å². The topological polar surface area (TPSA) is 20.2 Å². The Bertz CT molecular complexity index is 189. The van der Waals surface area contributed by atoms with Gasteiger partial charge in [0, 0.05) is 5.41 Å². The van der Waals surface area contributed by atoms with Crippen LogP contribution in [0.3, 0.4) is 0 Å². The highest BCUT2D eigenvalue weighted by molar-refractivity contribution is 5.10. The number of hydrogen-bond acceptors (Lipinski definition) is 1. The lowest BCUT2D eigenvalue weighted by Gasteiger charge is -2.32. The molecule has 0 heterocycles. The van der Waals surface area contributed by atoms with Crippen molar-refractivity contribution in [2.75, 3.05) is 0 Å². The molecule has 0 amide bonds. The fourth-order valence-corrected chi connectivity index (χ4v) is 3.13. The van der Waals surface area contributed by atoms with Crippen molar-refractivity contribution < 1.29 is 5.11 Å². The van der Waals surface area contributed by atoms with Crippen LogP contribution in [0.5, 0.6) is 0 Å². The monoisotopic (exact) mass is 198 g/mol. The largest absolute Gasteiger partial charge is 0.392 e. The van der Waals surface area contributed by atoms with Gasteiger partial charge in [-0.1, -0.05) is 48.0 Å². The highest BCUT2D eigenvalue weighted by Crippen LogP contribution is 2.60. The summed E-state index contributed by atoms with van der Waals surface area (Å²) in [6, 6.07) is 0. The molecule has 84 valence electrons. The zero-order valence-corrected chi connectivity index (χ0v) is 10.5. The molecule has 1 aliphatic rings. The van der Waals surface area contributed by atoms with Crippen LogP contribution in [0.4, 0.5) is 0 Å². The van der Waals surface area contributed by atoms with Crippen LogP contribution in [0.1, 0.15) is 48.0 Å². The van der Waals surface area contributed by atoms with E-state index in [1.54, 1.807) is 0 Å². The fraction of sp³-hybridized carbons (Fsp3) is 1.00. The number of hydrogen-bond donors (Lipinski definition) is 1. The highest BCUT2D eigenvalue weighted by atomic mass is 16.3. The van der Waals surface area contributed by atoms with Crippen molar-refractivity contribution in [2.45, 2.75) is 54.1 Å². The van der Waals surface area contributed by atoms with Crippen LogP contribution >= 0.6 is 0 Å². The lowest BCUT2D eigenvalue weighted by Crippen LogP contribution is -2.27. The summed E-state index contributed by atoms with van der Waals surface area (Å²) in [5.74, 6) is 2.60. The summed E-state index contributed by atoms with van der Waals surface area (Å²) in [5, 5.41) is 9.89. The molecule has 0 radical (unpaired) electrons. The first-order valence-corrected chi connectivity index (χ1v) is 6.05. The molecule has 1 aliphatic carbocycles. The average molecular weight is 198 g/mol. The molecule has 5 unspecified atom stereocenters. The summed E-state index contributed by atoms with van der Waals surface area (Å²) in [5.41, 5.74) is 0.193. The molecule has 0 saturated heterocycles. The molecule has 1 nitrogen and oxygen atoms in total. The molecule has 0 aromatic rings. The van der Waals surface area contributed by atoms with E-state index in [0.717, 1.165) is 5.92 Å². The molecule has 1 saturated carbocycles. The predicted molar refractivity (Wildman–Crippen MR) is 61.1 cm³/mol. The third-order valence-electron chi connectivity index (χ3n) is 4.91. The molecule has 1 fully saturated rings. The number of aliphatic hydroxyl groups excluding tert-OH is 1. The van der Waals surface area contributed by atoms with Crippen molar-refractivity contribution in [1.29, 1.82) is 0 Å². The lowest BCUT2D eigenvalue weighted by molar-refractivity contribution is 0.123. The Morgan fingerprint density at radius 1 is 1.29 bits per heavy atom. The quantitative estimate of drug-likeness (QED) is 0.734. The van der Waals surface area contributed by atoms with Gasteiger partial charge in [-0.05, 0) is 23.7 Å². The van der Waals surface area contributed by atoms with Crippen LogP contribution in [0, 0.1) is 29.1 Å². The van der Waals surface area contributed by atoms with Gasteiger partial charge in [0.2, 0.25) is 0 Å². The summed E-state index contributed by atoms with van der Waals surface area (Å²) < 4.78 is 0. The lowest BCUT2D eigenvalue weighted by atomic mass is 9.73. The average Bonchev–Trinajstić information content (AvgIpc) is 2.58. The van der Waals surface area contributed by atoms with Crippen molar-refractivity contribution in [2.24, 2.45) is 29.1 Å². The Morgan fingerprint density at radius 2 is 1.71 bits per heavy atom. The van der Waals surface area contributed by atoms with Crippen molar-refractivity contribution in [3.63, 3.8) is 0 Å². The summed E-state index contributed by atoms with van der Waals surface area (Å²) >= 11 is 0. The molecule has 14 heavy (non-hydrogen) atoms. The van der Waals surface area contributed by atoms with E-state index < -0.39 is 0 Å². The molecular formula is C13H26O. The minimum Gasteiger partial charge on any atom is -0.392 e.